The lowest BCUT2D eigenvalue weighted by Crippen LogP contribution is -2.43. The number of ether oxygens (including phenoxy) is 1. The molecule has 1 fully saturated rings. The molecule has 1 unspecified atom stereocenters. The quantitative estimate of drug-likeness (QED) is 0.876. The molecule has 19 heavy (non-hydrogen) atoms. The minimum absolute atomic E-state index is 0.0223. The van der Waals surface area contributed by atoms with E-state index in [1.54, 1.807) is 0 Å². The van der Waals surface area contributed by atoms with E-state index in [0.29, 0.717) is 6.04 Å². The molecular weight excluding hydrogens is 238 g/mol. The summed E-state index contributed by atoms with van der Waals surface area (Å²) in [5, 5.41) is 3.50. The number of aromatic nitrogens is 1. The van der Waals surface area contributed by atoms with Crippen molar-refractivity contribution in [3.05, 3.63) is 17.8 Å². The Balaban J connectivity index is 2.08. The van der Waals surface area contributed by atoms with E-state index in [1.165, 1.54) is 0 Å². The summed E-state index contributed by atoms with van der Waals surface area (Å²) < 4.78 is 5.99. The van der Waals surface area contributed by atoms with Gasteiger partial charge in [0.25, 0.3) is 0 Å². The Morgan fingerprint density at radius 2 is 2.16 bits per heavy atom. The molecule has 1 atom stereocenters. The highest BCUT2D eigenvalue weighted by Crippen LogP contribution is 2.33. The number of hydrogen-bond acceptors (Lipinski definition) is 4. The fraction of sp³-hybridized carbons (Fsp3) is 0.667. The number of rotatable bonds is 4. The summed E-state index contributed by atoms with van der Waals surface area (Å²) >= 11 is 0. The lowest BCUT2D eigenvalue weighted by Gasteiger charge is -2.40. The first-order valence-corrected chi connectivity index (χ1v) is 7.22. The van der Waals surface area contributed by atoms with Gasteiger partial charge < -0.3 is 15.8 Å². The van der Waals surface area contributed by atoms with Gasteiger partial charge in [-0.05, 0) is 44.7 Å². The fourth-order valence-corrected chi connectivity index (χ4v) is 2.77. The van der Waals surface area contributed by atoms with Crippen LogP contribution in [0.1, 0.15) is 45.2 Å². The summed E-state index contributed by atoms with van der Waals surface area (Å²) in [6.07, 6.45) is 4.14. The number of pyridine rings is 1. The molecular formula is C15H25N3O. The number of aryl methyl sites for hydroxylation is 1. The Morgan fingerprint density at radius 1 is 1.42 bits per heavy atom. The first-order chi connectivity index (χ1) is 9.08. The number of nitrogens with one attached hydrogen (secondary N) is 1. The molecule has 0 aromatic carbocycles. The largest absolute Gasteiger partial charge is 0.396 e. The standard InChI is InChI=1S/C15H25N3O/c1-4-15(5-2)10-12(8-9-19-15)18-14-13(16)7-6-11(3)17-14/h6-7,12H,4-5,8-10,16H2,1-3H3,(H,17,18). The van der Waals surface area contributed by atoms with Crippen molar-refractivity contribution < 1.29 is 4.74 Å². The van der Waals surface area contributed by atoms with Gasteiger partial charge in [-0.15, -0.1) is 0 Å². The molecule has 0 spiro atoms. The normalized spacial score (nSPS) is 22.2. The number of anilines is 2. The molecule has 1 aromatic rings. The molecule has 2 rings (SSSR count). The second-order valence-corrected chi connectivity index (χ2v) is 5.46. The maximum Gasteiger partial charge on any atom is 0.149 e. The smallest absolute Gasteiger partial charge is 0.149 e. The van der Waals surface area contributed by atoms with E-state index in [9.17, 15) is 0 Å². The number of nitrogens with two attached hydrogens (primary N) is 1. The number of hydrogen-bond donors (Lipinski definition) is 2. The minimum atomic E-state index is 0.0223. The maximum atomic E-state index is 5.99. The molecule has 0 bridgehead atoms. The topological polar surface area (TPSA) is 60.2 Å². The van der Waals surface area contributed by atoms with Gasteiger partial charge in [0.2, 0.25) is 0 Å². The van der Waals surface area contributed by atoms with Crippen molar-refractivity contribution in [1.82, 2.24) is 4.98 Å². The van der Waals surface area contributed by atoms with Gasteiger partial charge in [0, 0.05) is 18.3 Å². The third-order valence-electron chi connectivity index (χ3n) is 4.19. The molecule has 106 valence electrons. The lowest BCUT2D eigenvalue weighted by atomic mass is 9.86. The van der Waals surface area contributed by atoms with E-state index in [4.69, 9.17) is 10.5 Å². The van der Waals surface area contributed by atoms with Crippen molar-refractivity contribution in [2.24, 2.45) is 0 Å². The highest BCUT2D eigenvalue weighted by atomic mass is 16.5. The predicted octanol–water partition coefficient (Wildman–Crippen LogP) is 3.12. The predicted molar refractivity (Wildman–Crippen MR) is 79.3 cm³/mol. The van der Waals surface area contributed by atoms with Gasteiger partial charge in [-0.3, -0.25) is 0 Å². The Hall–Kier alpha value is -1.29. The van der Waals surface area contributed by atoms with Crippen molar-refractivity contribution in [3.8, 4) is 0 Å². The van der Waals surface area contributed by atoms with Gasteiger partial charge in [-0.1, -0.05) is 13.8 Å². The van der Waals surface area contributed by atoms with Crippen molar-refractivity contribution in [2.45, 2.75) is 58.1 Å². The van der Waals surface area contributed by atoms with Crippen LogP contribution in [0.5, 0.6) is 0 Å². The zero-order valence-electron chi connectivity index (χ0n) is 12.2. The van der Waals surface area contributed by atoms with Gasteiger partial charge in [0.15, 0.2) is 0 Å². The van der Waals surface area contributed by atoms with Crippen LogP contribution in [-0.4, -0.2) is 23.2 Å². The van der Waals surface area contributed by atoms with Crippen LogP contribution >= 0.6 is 0 Å². The second kappa shape index (κ2) is 5.78. The third kappa shape index (κ3) is 3.18. The van der Waals surface area contributed by atoms with Gasteiger partial charge in [-0.25, -0.2) is 4.98 Å². The van der Waals surface area contributed by atoms with Crippen LogP contribution in [0.3, 0.4) is 0 Å². The van der Waals surface area contributed by atoms with Crippen LogP contribution in [0.25, 0.3) is 0 Å². The molecule has 0 radical (unpaired) electrons. The van der Waals surface area contributed by atoms with Gasteiger partial charge in [0.05, 0.1) is 11.3 Å². The summed E-state index contributed by atoms with van der Waals surface area (Å²) in [5.41, 5.74) is 7.71. The number of nitrogens with zero attached hydrogens (tertiary/aromatic N) is 1. The van der Waals surface area contributed by atoms with Gasteiger partial charge in [0.1, 0.15) is 5.82 Å². The summed E-state index contributed by atoms with van der Waals surface area (Å²) in [7, 11) is 0. The zero-order valence-corrected chi connectivity index (χ0v) is 12.2. The van der Waals surface area contributed by atoms with Crippen LogP contribution in [0.2, 0.25) is 0 Å². The zero-order chi connectivity index (χ0) is 13.9. The van der Waals surface area contributed by atoms with Crippen LogP contribution in [-0.2, 0) is 4.74 Å². The molecule has 1 saturated heterocycles. The van der Waals surface area contributed by atoms with Crippen LogP contribution < -0.4 is 11.1 Å². The van der Waals surface area contributed by atoms with Crippen LogP contribution in [0.15, 0.2) is 12.1 Å². The van der Waals surface area contributed by atoms with Crippen molar-refractivity contribution >= 4 is 11.5 Å². The average molecular weight is 263 g/mol. The fourth-order valence-electron chi connectivity index (χ4n) is 2.77. The van der Waals surface area contributed by atoms with Crippen molar-refractivity contribution in [3.63, 3.8) is 0 Å². The van der Waals surface area contributed by atoms with E-state index in [-0.39, 0.29) is 5.60 Å². The first kappa shape index (κ1) is 14.1. The first-order valence-electron chi connectivity index (χ1n) is 7.22. The third-order valence-corrected chi connectivity index (χ3v) is 4.19. The summed E-state index contributed by atoms with van der Waals surface area (Å²) in [5.74, 6) is 0.813. The van der Waals surface area contributed by atoms with Gasteiger partial charge in [-0.2, -0.15) is 0 Å². The van der Waals surface area contributed by atoms with Crippen molar-refractivity contribution in [2.75, 3.05) is 17.7 Å². The second-order valence-electron chi connectivity index (χ2n) is 5.46. The molecule has 1 aliphatic heterocycles. The maximum absolute atomic E-state index is 5.99. The summed E-state index contributed by atoms with van der Waals surface area (Å²) in [4.78, 5) is 4.49. The minimum Gasteiger partial charge on any atom is -0.396 e. The van der Waals surface area contributed by atoms with Crippen LogP contribution in [0, 0.1) is 6.92 Å². The molecule has 1 aromatic heterocycles. The molecule has 2 heterocycles. The molecule has 4 heteroatoms. The lowest BCUT2D eigenvalue weighted by molar-refractivity contribution is -0.0864. The van der Waals surface area contributed by atoms with E-state index in [0.717, 1.165) is 49.5 Å². The van der Waals surface area contributed by atoms with E-state index in [1.807, 2.05) is 19.1 Å². The SMILES string of the molecule is CCC1(CC)CC(Nc2nc(C)ccc2N)CCO1. The Labute approximate surface area is 115 Å². The molecule has 0 aliphatic carbocycles. The van der Waals surface area contributed by atoms with E-state index in [2.05, 4.69) is 24.1 Å². The highest BCUT2D eigenvalue weighted by Gasteiger charge is 2.34. The molecule has 4 nitrogen and oxygen atoms in total. The monoisotopic (exact) mass is 263 g/mol. The summed E-state index contributed by atoms with van der Waals surface area (Å²) in [6.45, 7) is 7.19. The van der Waals surface area contributed by atoms with E-state index < -0.39 is 0 Å². The Bertz CT molecular complexity index is 429. The molecule has 1 aliphatic rings. The van der Waals surface area contributed by atoms with Gasteiger partial charge >= 0.3 is 0 Å². The van der Waals surface area contributed by atoms with Crippen LogP contribution in [0.4, 0.5) is 11.5 Å². The number of nitrogen functional groups attached to an aromatic ring is 1. The highest BCUT2D eigenvalue weighted by molar-refractivity contribution is 5.61. The van der Waals surface area contributed by atoms with Crippen molar-refractivity contribution in [1.29, 1.82) is 0 Å². The average Bonchev–Trinajstić information content (AvgIpc) is 2.43. The molecule has 0 amide bonds. The Kier molecular flexibility index (Phi) is 4.30. The molecule has 3 N–H and O–H groups in total. The van der Waals surface area contributed by atoms with E-state index >= 15 is 0 Å². The Morgan fingerprint density at radius 3 is 2.84 bits per heavy atom. The summed E-state index contributed by atoms with van der Waals surface area (Å²) in [6, 6.07) is 4.24. The molecule has 0 saturated carbocycles.